The number of rotatable bonds is 8. The number of hydrogen-bond donors (Lipinski definition) is 1. The average Bonchev–Trinajstić information content (AvgIpc) is 3.52. The van der Waals surface area contributed by atoms with Gasteiger partial charge < -0.3 is 19.2 Å². The zero-order valence-corrected chi connectivity index (χ0v) is 19.5. The molecule has 0 bridgehead atoms. The number of fused-ring (bicyclic) bond motifs is 1. The van der Waals surface area contributed by atoms with Crippen LogP contribution in [0.1, 0.15) is 27.4 Å². The van der Waals surface area contributed by atoms with Crippen LogP contribution in [0.25, 0.3) is 10.8 Å². The number of aryl methyl sites for hydroxylation is 2. The summed E-state index contributed by atoms with van der Waals surface area (Å²) in [6, 6.07) is 23.4. The Morgan fingerprint density at radius 2 is 1.83 bits per heavy atom. The van der Waals surface area contributed by atoms with Gasteiger partial charge >= 0.3 is 0 Å². The van der Waals surface area contributed by atoms with Gasteiger partial charge in [0.05, 0.1) is 18.1 Å². The molecule has 1 N–H and O–H groups in total. The molecule has 7 heteroatoms. The van der Waals surface area contributed by atoms with Crippen molar-refractivity contribution in [2.24, 2.45) is 0 Å². The minimum absolute atomic E-state index is 0.196. The Labute approximate surface area is 202 Å². The van der Waals surface area contributed by atoms with Crippen LogP contribution in [0.5, 0.6) is 11.5 Å². The second kappa shape index (κ2) is 9.77. The summed E-state index contributed by atoms with van der Waals surface area (Å²) in [6.45, 7) is 4.50. The van der Waals surface area contributed by atoms with E-state index in [-0.39, 0.29) is 25.0 Å². The third-order valence-corrected chi connectivity index (χ3v) is 5.56. The van der Waals surface area contributed by atoms with Gasteiger partial charge in [0.1, 0.15) is 23.9 Å². The fourth-order valence-corrected chi connectivity index (χ4v) is 3.78. The second-order valence-corrected chi connectivity index (χ2v) is 8.33. The summed E-state index contributed by atoms with van der Waals surface area (Å²) in [6.07, 6.45) is 3.27. The lowest BCUT2D eigenvalue weighted by Gasteiger charge is -2.09. The summed E-state index contributed by atoms with van der Waals surface area (Å²) in [5.74, 6) is 1.92. The van der Waals surface area contributed by atoms with Crippen molar-refractivity contribution in [3.8, 4) is 11.5 Å². The van der Waals surface area contributed by atoms with Crippen LogP contribution >= 0.6 is 0 Å². The van der Waals surface area contributed by atoms with Crippen molar-refractivity contribution in [1.29, 1.82) is 0 Å². The van der Waals surface area contributed by atoms with Crippen LogP contribution < -0.4 is 14.8 Å². The van der Waals surface area contributed by atoms with Crippen molar-refractivity contribution >= 4 is 22.4 Å². The molecule has 2 heterocycles. The maximum Gasteiger partial charge on any atom is 0.291 e. The Balaban J connectivity index is 1.15. The molecule has 5 aromatic rings. The van der Waals surface area contributed by atoms with Gasteiger partial charge in [0.15, 0.2) is 12.5 Å². The van der Waals surface area contributed by atoms with Crippen LogP contribution in [-0.4, -0.2) is 15.7 Å². The Bertz CT molecular complexity index is 1480. The molecule has 0 aliphatic rings. The topological polar surface area (TPSA) is 78.5 Å². The molecule has 3 aromatic carbocycles. The van der Waals surface area contributed by atoms with Gasteiger partial charge in [-0.3, -0.25) is 4.79 Å². The van der Waals surface area contributed by atoms with Gasteiger partial charge in [0.25, 0.3) is 5.91 Å². The van der Waals surface area contributed by atoms with Gasteiger partial charge in [-0.25, -0.2) is 4.68 Å². The molecule has 5 rings (SSSR count). The molecular formula is C28H25N3O4. The number of anilines is 1. The molecule has 0 atom stereocenters. The van der Waals surface area contributed by atoms with Crippen molar-refractivity contribution < 1.29 is 18.7 Å². The monoisotopic (exact) mass is 467 g/mol. The minimum atomic E-state index is -0.364. The molecular weight excluding hydrogens is 442 g/mol. The van der Waals surface area contributed by atoms with Crippen LogP contribution in [0.2, 0.25) is 0 Å². The van der Waals surface area contributed by atoms with E-state index in [4.69, 9.17) is 13.9 Å². The Morgan fingerprint density at radius 1 is 0.971 bits per heavy atom. The molecule has 1 amide bonds. The number of amides is 1. The average molecular weight is 468 g/mol. The van der Waals surface area contributed by atoms with Gasteiger partial charge in [-0.05, 0) is 60.5 Å². The highest BCUT2D eigenvalue weighted by molar-refractivity contribution is 6.02. The van der Waals surface area contributed by atoms with E-state index in [0.717, 1.165) is 27.8 Å². The van der Waals surface area contributed by atoms with Gasteiger partial charge in [0, 0.05) is 0 Å². The molecule has 7 nitrogen and oxygen atoms in total. The molecule has 176 valence electrons. The van der Waals surface area contributed by atoms with Crippen LogP contribution in [0.3, 0.4) is 0 Å². The van der Waals surface area contributed by atoms with E-state index < -0.39 is 0 Å². The van der Waals surface area contributed by atoms with E-state index >= 15 is 0 Å². The van der Waals surface area contributed by atoms with Crippen molar-refractivity contribution in [3.05, 3.63) is 108 Å². The molecule has 0 aliphatic carbocycles. The lowest BCUT2D eigenvalue weighted by atomic mass is 10.1. The first-order chi connectivity index (χ1) is 17.0. The number of hydrogen-bond acceptors (Lipinski definition) is 5. The molecule has 0 aliphatic heterocycles. The van der Waals surface area contributed by atoms with Crippen molar-refractivity contribution in [2.75, 3.05) is 5.32 Å². The first-order valence-electron chi connectivity index (χ1n) is 11.3. The number of ether oxygens (including phenoxy) is 2. The summed E-state index contributed by atoms with van der Waals surface area (Å²) in [5.41, 5.74) is 2.79. The molecule has 0 unspecified atom stereocenters. The highest BCUT2D eigenvalue weighted by Crippen LogP contribution is 2.22. The molecule has 0 saturated heterocycles. The standard InChI is InChI=1S/C28H25N3O4/c1-19-7-11-26(20(2)13-19)34-18-31-16-23(15-29-31)30-28(32)27-12-10-25(35-27)17-33-24-9-8-21-5-3-4-6-22(21)14-24/h3-16H,17-18H2,1-2H3,(H,30,32). The maximum absolute atomic E-state index is 12.6. The number of nitrogens with zero attached hydrogens (tertiary/aromatic N) is 2. The Morgan fingerprint density at radius 3 is 2.69 bits per heavy atom. The van der Waals surface area contributed by atoms with Crippen molar-refractivity contribution in [3.63, 3.8) is 0 Å². The highest BCUT2D eigenvalue weighted by Gasteiger charge is 2.13. The van der Waals surface area contributed by atoms with Gasteiger partial charge in [-0.1, -0.05) is 48.0 Å². The first-order valence-corrected chi connectivity index (χ1v) is 11.3. The van der Waals surface area contributed by atoms with E-state index in [1.54, 1.807) is 29.2 Å². The fraction of sp³-hybridized carbons (Fsp3) is 0.143. The lowest BCUT2D eigenvalue weighted by Crippen LogP contribution is -2.10. The predicted molar refractivity (Wildman–Crippen MR) is 134 cm³/mol. The zero-order chi connectivity index (χ0) is 24.2. The van der Waals surface area contributed by atoms with E-state index in [0.29, 0.717) is 11.4 Å². The van der Waals surface area contributed by atoms with E-state index in [1.807, 2.05) is 62.4 Å². The van der Waals surface area contributed by atoms with Crippen LogP contribution in [0, 0.1) is 13.8 Å². The van der Waals surface area contributed by atoms with Crippen molar-refractivity contribution in [1.82, 2.24) is 9.78 Å². The molecule has 0 fully saturated rings. The number of furan rings is 1. The maximum atomic E-state index is 12.6. The number of carbonyl (C=O) groups is 1. The molecule has 35 heavy (non-hydrogen) atoms. The van der Waals surface area contributed by atoms with Gasteiger partial charge in [0.2, 0.25) is 0 Å². The molecule has 0 saturated carbocycles. The molecule has 2 aromatic heterocycles. The quantitative estimate of drug-likeness (QED) is 0.298. The molecule has 0 radical (unpaired) electrons. The van der Waals surface area contributed by atoms with Gasteiger partial charge in [-0.2, -0.15) is 5.10 Å². The molecule has 0 spiro atoms. The Hall–Kier alpha value is -4.52. The SMILES string of the molecule is Cc1ccc(OCn2cc(NC(=O)c3ccc(COc4ccc5ccccc5c4)o3)cn2)c(C)c1. The number of nitrogens with one attached hydrogen (secondary N) is 1. The normalized spacial score (nSPS) is 10.9. The minimum Gasteiger partial charge on any atom is -0.486 e. The third kappa shape index (κ3) is 5.35. The van der Waals surface area contributed by atoms with Crippen LogP contribution in [-0.2, 0) is 13.3 Å². The smallest absolute Gasteiger partial charge is 0.291 e. The summed E-state index contributed by atoms with van der Waals surface area (Å²) in [5, 5.41) is 9.28. The third-order valence-electron chi connectivity index (χ3n) is 5.56. The second-order valence-electron chi connectivity index (χ2n) is 8.33. The van der Waals surface area contributed by atoms with E-state index in [2.05, 4.69) is 22.5 Å². The highest BCUT2D eigenvalue weighted by atomic mass is 16.5. The largest absolute Gasteiger partial charge is 0.486 e. The van der Waals surface area contributed by atoms with Crippen LogP contribution in [0.4, 0.5) is 5.69 Å². The first kappa shape index (κ1) is 22.3. The van der Waals surface area contributed by atoms with Crippen molar-refractivity contribution in [2.45, 2.75) is 27.2 Å². The number of benzene rings is 3. The van der Waals surface area contributed by atoms with E-state index in [9.17, 15) is 4.79 Å². The summed E-state index contributed by atoms with van der Waals surface area (Å²) < 4.78 is 19.0. The zero-order valence-electron chi connectivity index (χ0n) is 19.5. The lowest BCUT2D eigenvalue weighted by molar-refractivity contribution is 0.0992. The van der Waals surface area contributed by atoms with E-state index in [1.165, 1.54) is 5.56 Å². The predicted octanol–water partition coefficient (Wildman–Crippen LogP) is 6.11. The fourth-order valence-electron chi connectivity index (χ4n) is 3.78. The number of carbonyl (C=O) groups excluding carboxylic acids is 1. The number of aromatic nitrogens is 2. The van der Waals surface area contributed by atoms with Crippen LogP contribution in [0.15, 0.2) is 89.6 Å². The van der Waals surface area contributed by atoms with Gasteiger partial charge in [-0.15, -0.1) is 0 Å². The summed E-state index contributed by atoms with van der Waals surface area (Å²) >= 11 is 0. The summed E-state index contributed by atoms with van der Waals surface area (Å²) in [7, 11) is 0. The summed E-state index contributed by atoms with van der Waals surface area (Å²) in [4.78, 5) is 12.6. The Kier molecular flexibility index (Phi) is 6.22.